The van der Waals surface area contributed by atoms with Gasteiger partial charge in [0, 0.05) is 13.6 Å². The lowest BCUT2D eigenvalue weighted by Gasteiger charge is -2.34. The van der Waals surface area contributed by atoms with E-state index in [4.69, 9.17) is 0 Å². The number of guanidine groups is 1. The quantitative estimate of drug-likeness (QED) is 0.733. The molecule has 0 saturated carbocycles. The van der Waals surface area contributed by atoms with Crippen LogP contribution >= 0.6 is 0 Å². The van der Waals surface area contributed by atoms with Crippen LogP contribution in [-0.4, -0.2) is 81.1 Å². The zero-order chi connectivity index (χ0) is 20.7. The van der Waals surface area contributed by atoms with Crippen LogP contribution < -0.4 is 0 Å². The largest absolute Gasteiger partial charge is 0.416 e. The SMILES string of the molecule is CC1=NN(C(C)C)C2=[N+](C1)C1C(=O)N(C/C=C/c3ccccc3)C(=O)N(C)C1=N2. The molecule has 3 amide bonds. The predicted octanol–water partition coefficient (Wildman–Crippen LogP) is 1.84. The molecular formula is C21H25N6O2+. The zero-order valence-corrected chi connectivity index (χ0v) is 17.1. The highest BCUT2D eigenvalue weighted by atomic mass is 16.2. The van der Waals surface area contributed by atoms with E-state index in [0.29, 0.717) is 18.3 Å². The number of hydrazone groups is 1. The summed E-state index contributed by atoms with van der Waals surface area (Å²) >= 11 is 0. The Morgan fingerprint density at radius 3 is 2.66 bits per heavy atom. The van der Waals surface area contributed by atoms with Gasteiger partial charge in [0.2, 0.25) is 11.9 Å². The Morgan fingerprint density at radius 2 is 1.97 bits per heavy atom. The van der Waals surface area contributed by atoms with E-state index in [1.807, 2.05) is 72.8 Å². The second-order valence-corrected chi connectivity index (χ2v) is 7.68. The molecule has 3 heterocycles. The summed E-state index contributed by atoms with van der Waals surface area (Å²) in [6.07, 6.45) is 3.75. The van der Waals surface area contributed by atoms with Crippen molar-refractivity contribution in [3.63, 3.8) is 0 Å². The molecule has 1 saturated heterocycles. The highest BCUT2D eigenvalue weighted by molar-refractivity contribution is 6.23. The van der Waals surface area contributed by atoms with Gasteiger partial charge in [-0.05, 0) is 26.3 Å². The number of hydrogen-bond acceptors (Lipinski definition) is 5. The van der Waals surface area contributed by atoms with E-state index in [1.165, 1.54) is 9.80 Å². The van der Waals surface area contributed by atoms with Crippen molar-refractivity contribution in [2.24, 2.45) is 10.1 Å². The molecule has 29 heavy (non-hydrogen) atoms. The molecule has 3 aliphatic rings. The van der Waals surface area contributed by atoms with Crippen molar-refractivity contribution in [1.82, 2.24) is 14.8 Å². The Labute approximate surface area is 170 Å². The number of carbonyl (C=O) groups is 2. The smallest absolute Gasteiger partial charge is 0.270 e. The molecule has 1 aromatic carbocycles. The number of likely N-dealkylation sites (N-methyl/N-ethyl adjacent to an activating group) is 1. The minimum atomic E-state index is -0.607. The van der Waals surface area contributed by atoms with Gasteiger partial charge in [-0.2, -0.15) is 0 Å². The second kappa shape index (κ2) is 7.27. The topological polar surface area (TPSA) is 71.6 Å². The third-order valence-corrected chi connectivity index (χ3v) is 5.16. The second-order valence-electron chi connectivity index (χ2n) is 7.68. The van der Waals surface area contributed by atoms with Gasteiger partial charge in [0.05, 0.1) is 11.8 Å². The lowest BCUT2D eigenvalue weighted by atomic mass is 10.1. The van der Waals surface area contributed by atoms with Gasteiger partial charge in [-0.25, -0.2) is 9.37 Å². The van der Waals surface area contributed by atoms with E-state index >= 15 is 0 Å². The number of rotatable bonds is 4. The van der Waals surface area contributed by atoms with Crippen LogP contribution in [0, 0.1) is 0 Å². The molecule has 3 aliphatic heterocycles. The van der Waals surface area contributed by atoms with Gasteiger partial charge in [-0.3, -0.25) is 14.6 Å². The Morgan fingerprint density at radius 1 is 1.24 bits per heavy atom. The molecule has 0 spiro atoms. The minimum Gasteiger partial charge on any atom is -0.270 e. The average molecular weight is 393 g/mol. The summed E-state index contributed by atoms with van der Waals surface area (Å²) in [7, 11) is 1.67. The number of amidine groups is 1. The number of hydrogen-bond donors (Lipinski definition) is 0. The van der Waals surface area contributed by atoms with Gasteiger partial charge in [0.25, 0.3) is 5.91 Å². The van der Waals surface area contributed by atoms with Crippen molar-refractivity contribution in [2.45, 2.75) is 32.9 Å². The molecule has 1 fully saturated rings. The van der Waals surface area contributed by atoms with Crippen LogP contribution in [0.15, 0.2) is 46.5 Å². The Hall–Kier alpha value is -3.29. The molecule has 0 aliphatic carbocycles. The number of aliphatic imine (C=N–C) groups is 1. The molecule has 4 rings (SSSR count). The van der Waals surface area contributed by atoms with Crippen LogP contribution in [0.3, 0.4) is 0 Å². The molecule has 0 bridgehead atoms. The van der Waals surface area contributed by atoms with E-state index in [0.717, 1.165) is 11.3 Å². The van der Waals surface area contributed by atoms with Gasteiger partial charge in [0.1, 0.15) is 6.54 Å². The molecule has 150 valence electrons. The number of urea groups is 1. The third kappa shape index (κ3) is 3.24. The van der Waals surface area contributed by atoms with Crippen LogP contribution in [0.25, 0.3) is 6.08 Å². The maximum Gasteiger partial charge on any atom is 0.416 e. The normalized spacial score (nSPS) is 21.8. The Balaban J connectivity index is 1.62. The van der Waals surface area contributed by atoms with Crippen LogP contribution in [0.5, 0.6) is 0 Å². The first-order valence-corrected chi connectivity index (χ1v) is 9.74. The molecular weight excluding hydrogens is 368 g/mol. The lowest BCUT2D eigenvalue weighted by molar-refractivity contribution is -0.528. The predicted molar refractivity (Wildman–Crippen MR) is 112 cm³/mol. The van der Waals surface area contributed by atoms with Crippen LogP contribution in [0.1, 0.15) is 26.3 Å². The van der Waals surface area contributed by atoms with Crippen molar-refractivity contribution >= 4 is 35.5 Å². The maximum absolute atomic E-state index is 13.3. The highest BCUT2D eigenvalue weighted by Crippen LogP contribution is 2.23. The minimum absolute atomic E-state index is 0.0910. The van der Waals surface area contributed by atoms with Gasteiger partial charge < -0.3 is 0 Å². The number of benzene rings is 1. The van der Waals surface area contributed by atoms with E-state index < -0.39 is 6.04 Å². The van der Waals surface area contributed by atoms with Crippen molar-refractivity contribution in [1.29, 1.82) is 0 Å². The van der Waals surface area contributed by atoms with Gasteiger partial charge >= 0.3 is 12.0 Å². The van der Waals surface area contributed by atoms with Gasteiger partial charge in [0.15, 0.2) is 0 Å². The van der Waals surface area contributed by atoms with Crippen molar-refractivity contribution in [2.75, 3.05) is 20.1 Å². The van der Waals surface area contributed by atoms with Crippen LogP contribution in [0.4, 0.5) is 4.79 Å². The first-order valence-electron chi connectivity index (χ1n) is 9.74. The highest BCUT2D eigenvalue weighted by Gasteiger charge is 2.54. The third-order valence-electron chi connectivity index (χ3n) is 5.16. The fourth-order valence-electron chi connectivity index (χ4n) is 3.73. The number of amides is 3. The average Bonchev–Trinajstić information content (AvgIpc) is 3.08. The summed E-state index contributed by atoms with van der Waals surface area (Å²) in [5, 5.41) is 6.39. The molecule has 8 heteroatoms. The monoisotopic (exact) mass is 393 g/mol. The molecule has 0 radical (unpaired) electrons. The Kier molecular flexibility index (Phi) is 4.77. The number of nitrogens with zero attached hydrogens (tertiary/aromatic N) is 6. The molecule has 1 aromatic rings. The van der Waals surface area contributed by atoms with Crippen molar-refractivity contribution in [3.05, 3.63) is 42.0 Å². The van der Waals surface area contributed by atoms with E-state index in [1.54, 1.807) is 7.05 Å². The molecule has 0 aromatic heterocycles. The van der Waals surface area contributed by atoms with Crippen molar-refractivity contribution < 1.29 is 14.2 Å². The summed E-state index contributed by atoms with van der Waals surface area (Å²) in [5.74, 6) is 0.840. The molecule has 8 nitrogen and oxygen atoms in total. The Bertz CT molecular complexity index is 976. The molecule has 1 atom stereocenters. The summed E-state index contributed by atoms with van der Waals surface area (Å²) in [6, 6.07) is 8.91. The summed E-state index contributed by atoms with van der Waals surface area (Å²) in [5.41, 5.74) is 1.92. The maximum atomic E-state index is 13.3. The summed E-state index contributed by atoms with van der Waals surface area (Å²) in [4.78, 5) is 33.5. The van der Waals surface area contributed by atoms with E-state index in [2.05, 4.69) is 10.1 Å². The number of imide groups is 1. The first kappa shape index (κ1) is 19.0. The molecule has 0 N–H and O–H groups in total. The van der Waals surface area contributed by atoms with Gasteiger partial charge in [-0.15, -0.1) is 10.1 Å². The van der Waals surface area contributed by atoms with Gasteiger partial charge in [-0.1, -0.05) is 47.5 Å². The fourth-order valence-corrected chi connectivity index (χ4v) is 3.73. The fraction of sp³-hybridized carbons (Fsp3) is 0.381. The lowest BCUT2D eigenvalue weighted by Crippen LogP contribution is -2.63. The standard InChI is InChI=1S/C21H25N6O2/c1-14(2)27-20-22-18-17(26(20)13-15(3)23-27)19(28)25(21(29)24(18)4)12-8-11-16-9-6-5-7-10-16/h5-11,14,17H,12-13H2,1-4H3/q+1/b11-8+. The number of fused-ring (bicyclic) bond motifs is 2. The van der Waals surface area contributed by atoms with E-state index in [9.17, 15) is 9.59 Å². The van der Waals surface area contributed by atoms with E-state index in [-0.39, 0.29) is 24.5 Å². The summed E-state index contributed by atoms with van der Waals surface area (Å²) in [6.45, 7) is 6.70. The molecule has 1 unspecified atom stereocenters. The number of carbonyl (C=O) groups excluding carboxylic acids is 2. The van der Waals surface area contributed by atoms with Crippen LogP contribution in [0.2, 0.25) is 0 Å². The summed E-state index contributed by atoms with van der Waals surface area (Å²) < 4.78 is 1.94. The van der Waals surface area contributed by atoms with Crippen molar-refractivity contribution in [3.8, 4) is 0 Å². The zero-order valence-electron chi connectivity index (χ0n) is 17.1. The van der Waals surface area contributed by atoms with Crippen LogP contribution in [-0.2, 0) is 4.79 Å². The first-order chi connectivity index (χ1) is 13.9.